The van der Waals surface area contributed by atoms with Crippen LogP contribution in [0, 0.1) is 0 Å². The molecule has 15 heavy (non-hydrogen) atoms. The molecular formula is C8H11O5PS. The molecular weight excluding hydrogens is 239 g/mol. The average Bonchev–Trinajstić information content (AvgIpc) is 2.67. The highest BCUT2D eigenvalue weighted by molar-refractivity contribution is 7.62. The van der Waals surface area contributed by atoms with E-state index in [2.05, 4.69) is 4.52 Å². The molecule has 0 saturated carbocycles. The molecule has 0 aliphatic rings. The van der Waals surface area contributed by atoms with E-state index in [-0.39, 0.29) is 16.8 Å². The summed E-state index contributed by atoms with van der Waals surface area (Å²) in [7, 11) is -2.77. The zero-order chi connectivity index (χ0) is 11.5. The first kappa shape index (κ1) is 12.4. The van der Waals surface area contributed by atoms with Gasteiger partial charge in [0.15, 0.2) is 0 Å². The quantitative estimate of drug-likeness (QED) is 0.645. The zero-order valence-corrected chi connectivity index (χ0v) is 10.0. The van der Waals surface area contributed by atoms with E-state index in [9.17, 15) is 14.3 Å². The van der Waals surface area contributed by atoms with Crippen LogP contribution in [0.4, 0.5) is 0 Å². The van der Waals surface area contributed by atoms with E-state index in [1.54, 1.807) is 12.3 Å². The zero-order valence-electron chi connectivity index (χ0n) is 8.30. The molecule has 0 aliphatic heterocycles. The van der Waals surface area contributed by atoms with Gasteiger partial charge in [-0.05, 0) is 18.4 Å². The Labute approximate surface area is 91.2 Å². The summed E-state index contributed by atoms with van der Waals surface area (Å²) < 4.78 is 20.7. The molecule has 0 bridgehead atoms. The summed E-state index contributed by atoms with van der Waals surface area (Å²) in [5, 5.41) is 1.54. The van der Waals surface area contributed by atoms with Gasteiger partial charge in [0.2, 0.25) is 0 Å². The lowest BCUT2D eigenvalue weighted by Gasteiger charge is -2.08. The van der Waals surface area contributed by atoms with Crippen molar-refractivity contribution >= 4 is 30.2 Å². The fourth-order valence-corrected chi connectivity index (χ4v) is 3.07. The van der Waals surface area contributed by atoms with Gasteiger partial charge in [-0.2, -0.15) is 0 Å². The van der Waals surface area contributed by atoms with Crippen molar-refractivity contribution < 1.29 is 23.5 Å². The predicted molar refractivity (Wildman–Crippen MR) is 56.7 cm³/mol. The number of thiophene rings is 1. The molecule has 0 saturated heterocycles. The van der Waals surface area contributed by atoms with Crippen LogP contribution < -0.4 is 5.30 Å². The van der Waals surface area contributed by atoms with Crippen molar-refractivity contribution in [2.24, 2.45) is 0 Å². The summed E-state index contributed by atoms with van der Waals surface area (Å²) in [4.78, 5) is 20.9. The third kappa shape index (κ3) is 2.66. The van der Waals surface area contributed by atoms with Crippen molar-refractivity contribution in [2.75, 3.05) is 13.7 Å². The van der Waals surface area contributed by atoms with Gasteiger partial charge in [-0.25, -0.2) is 4.79 Å². The Bertz CT molecular complexity index is 399. The highest BCUT2D eigenvalue weighted by Gasteiger charge is 2.29. The van der Waals surface area contributed by atoms with E-state index < -0.39 is 13.6 Å². The smallest absolute Gasteiger partial charge is 0.360 e. The molecule has 0 spiro atoms. The predicted octanol–water partition coefficient (Wildman–Crippen LogP) is 1.38. The Balaban J connectivity index is 3.07. The molecule has 0 aromatic carbocycles. The first-order chi connectivity index (χ1) is 7.03. The molecule has 1 aromatic heterocycles. The van der Waals surface area contributed by atoms with Gasteiger partial charge >= 0.3 is 13.6 Å². The second-order valence-corrected chi connectivity index (χ2v) is 5.36. The Morgan fingerprint density at radius 3 is 2.87 bits per heavy atom. The summed E-state index contributed by atoms with van der Waals surface area (Å²) >= 11 is 1.05. The van der Waals surface area contributed by atoms with Crippen molar-refractivity contribution in [1.82, 2.24) is 0 Å². The molecule has 0 aliphatic carbocycles. The number of ether oxygens (including phenoxy) is 1. The van der Waals surface area contributed by atoms with Gasteiger partial charge < -0.3 is 14.2 Å². The van der Waals surface area contributed by atoms with Crippen molar-refractivity contribution in [1.29, 1.82) is 0 Å². The van der Waals surface area contributed by atoms with Crippen molar-refractivity contribution in [3.05, 3.63) is 16.3 Å². The fourth-order valence-electron chi connectivity index (χ4n) is 0.973. The Morgan fingerprint density at radius 2 is 2.33 bits per heavy atom. The van der Waals surface area contributed by atoms with Gasteiger partial charge in [0.1, 0.15) is 4.88 Å². The minimum absolute atomic E-state index is 0.00606. The van der Waals surface area contributed by atoms with Gasteiger partial charge in [0, 0.05) is 7.11 Å². The fraction of sp³-hybridized carbons (Fsp3) is 0.375. The molecule has 1 heterocycles. The third-order valence-electron chi connectivity index (χ3n) is 1.66. The molecule has 5 nitrogen and oxygen atoms in total. The highest BCUT2D eigenvalue weighted by atomic mass is 32.1. The number of esters is 1. The Hall–Kier alpha value is -0.680. The lowest BCUT2D eigenvalue weighted by Crippen LogP contribution is -2.15. The molecule has 84 valence electrons. The van der Waals surface area contributed by atoms with E-state index in [0.717, 1.165) is 18.4 Å². The van der Waals surface area contributed by atoms with Crippen LogP contribution in [0.3, 0.4) is 0 Å². The molecule has 0 amide bonds. The molecule has 7 heteroatoms. The first-order valence-corrected chi connectivity index (χ1v) is 6.62. The summed E-state index contributed by atoms with van der Waals surface area (Å²) in [6.45, 7) is 1.89. The molecule has 0 fully saturated rings. The highest BCUT2D eigenvalue weighted by Crippen LogP contribution is 2.41. The maximum atomic E-state index is 11.5. The summed E-state index contributed by atoms with van der Waals surface area (Å²) in [6.07, 6.45) is 0. The SMILES string of the molecule is CCOC(=O)c1sccc1P(=O)(O)OC. The number of carbonyl (C=O) groups is 1. The molecule has 1 rings (SSSR count). The van der Waals surface area contributed by atoms with Crippen molar-refractivity contribution in [3.8, 4) is 0 Å². The summed E-state index contributed by atoms with van der Waals surface area (Å²) in [5.74, 6) is -0.603. The lowest BCUT2D eigenvalue weighted by molar-refractivity contribution is 0.0533. The van der Waals surface area contributed by atoms with Crippen LogP contribution in [-0.2, 0) is 13.8 Å². The monoisotopic (exact) mass is 250 g/mol. The van der Waals surface area contributed by atoms with Gasteiger partial charge in [-0.1, -0.05) is 0 Å². The van der Waals surface area contributed by atoms with Crippen LogP contribution in [0.1, 0.15) is 16.6 Å². The van der Waals surface area contributed by atoms with E-state index in [1.165, 1.54) is 6.07 Å². The lowest BCUT2D eigenvalue weighted by atomic mass is 10.5. The molecule has 1 N–H and O–H groups in total. The molecule has 0 radical (unpaired) electrons. The van der Waals surface area contributed by atoms with Crippen molar-refractivity contribution in [2.45, 2.75) is 6.92 Å². The van der Waals surface area contributed by atoms with Gasteiger partial charge in [-0.15, -0.1) is 11.3 Å². The maximum Gasteiger partial charge on any atom is 0.360 e. The number of rotatable bonds is 4. The Morgan fingerprint density at radius 1 is 1.67 bits per heavy atom. The van der Waals surface area contributed by atoms with Crippen LogP contribution in [0.25, 0.3) is 0 Å². The minimum Gasteiger partial charge on any atom is -0.462 e. The second kappa shape index (κ2) is 4.90. The van der Waals surface area contributed by atoms with Crippen molar-refractivity contribution in [3.63, 3.8) is 0 Å². The normalized spacial score (nSPS) is 14.6. The van der Waals surface area contributed by atoms with Gasteiger partial charge in [-0.3, -0.25) is 4.57 Å². The number of carbonyl (C=O) groups excluding carboxylic acids is 1. The largest absolute Gasteiger partial charge is 0.462 e. The first-order valence-electron chi connectivity index (χ1n) is 4.16. The molecule has 1 unspecified atom stereocenters. The van der Waals surface area contributed by atoms with E-state index in [1.807, 2.05) is 0 Å². The molecule has 1 aromatic rings. The standard InChI is InChI=1S/C8H11O5PS/c1-3-13-8(9)7-6(4-5-15-7)14(10,11)12-2/h4-5H,3H2,1-2H3,(H,10,11). The second-order valence-electron chi connectivity index (χ2n) is 2.56. The minimum atomic E-state index is -3.88. The molecule has 1 atom stereocenters. The number of hydrogen-bond donors (Lipinski definition) is 1. The van der Waals surface area contributed by atoms with Crippen LogP contribution in [0.2, 0.25) is 0 Å². The topological polar surface area (TPSA) is 72.8 Å². The summed E-state index contributed by atoms with van der Waals surface area (Å²) in [6, 6.07) is 1.39. The summed E-state index contributed by atoms with van der Waals surface area (Å²) in [5.41, 5.74) is 0. The van der Waals surface area contributed by atoms with Crippen LogP contribution in [0.15, 0.2) is 11.4 Å². The van der Waals surface area contributed by atoms with Crippen LogP contribution in [-0.4, -0.2) is 24.6 Å². The van der Waals surface area contributed by atoms with Crippen LogP contribution >= 0.6 is 18.9 Å². The van der Waals surface area contributed by atoms with E-state index >= 15 is 0 Å². The number of hydrogen-bond acceptors (Lipinski definition) is 5. The van der Waals surface area contributed by atoms with Gasteiger partial charge in [0.25, 0.3) is 0 Å². The third-order valence-corrected chi connectivity index (χ3v) is 4.18. The average molecular weight is 250 g/mol. The maximum absolute atomic E-state index is 11.5. The Kier molecular flexibility index (Phi) is 4.04. The van der Waals surface area contributed by atoms with Crippen LogP contribution in [0.5, 0.6) is 0 Å². The van der Waals surface area contributed by atoms with E-state index in [4.69, 9.17) is 4.74 Å². The van der Waals surface area contributed by atoms with E-state index in [0.29, 0.717) is 0 Å². The van der Waals surface area contributed by atoms with Gasteiger partial charge in [0.05, 0.1) is 11.9 Å².